The summed E-state index contributed by atoms with van der Waals surface area (Å²) in [6, 6.07) is 6.08. The molecule has 3 heterocycles. The summed E-state index contributed by atoms with van der Waals surface area (Å²) < 4.78 is 21.4. The summed E-state index contributed by atoms with van der Waals surface area (Å²) >= 11 is 0. The number of benzene rings is 1. The average molecular weight is 396 g/mol. The third kappa shape index (κ3) is 4.60. The van der Waals surface area contributed by atoms with Crippen molar-refractivity contribution in [3.63, 3.8) is 0 Å². The lowest BCUT2D eigenvalue weighted by atomic mass is 10.1. The minimum atomic E-state index is -0.517. The van der Waals surface area contributed by atoms with Crippen LogP contribution >= 0.6 is 0 Å². The summed E-state index contributed by atoms with van der Waals surface area (Å²) in [6.45, 7) is 9.99. The Balaban J connectivity index is 1.58. The van der Waals surface area contributed by atoms with Gasteiger partial charge in [-0.3, -0.25) is 4.90 Å². The Kier molecular flexibility index (Phi) is 5.55. The maximum absolute atomic E-state index is 14.5. The number of aromatic nitrogens is 4. The van der Waals surface area contributed by atoms with Gasteiger partial charge in [-0.1, -0.05) is 6.07 Å². The molecule has 7 nitrogen and oxygen atoms in total. The normalized spacial score (nSPS) is 14.9. The van der Waals surface area contributed by atoms with Crippen molar-refractivity contribution in [2.24, 2.45) is 0 Å². The van der Waals surface area contributed by atoms with Crippen LogP contribution in [0.2, 0.25) is 0 Å². The largest absolute Gasteiger partial charge is 0.379 e. The van der Waals surface area contributed by atoms with Gasteiger partial charge in [0, 0.05) is 37.1 Å². The fourth-order valence-corrected chi connectivity index (χ4v) is 3.51. The molecule has 0 aliphatic carbocycles. The lowest BCUT2D eigenvalue weighted by Gasteiger charge is -2.26. The van der Waals surface area contributed by atoms with Gasteiger partial charge in [-0.2, -0.15) is 10.1 Å². The third-order valence-corrected chi connectivity index (χ3v) is 4.92. The molecule has 1 aromatic carbocycles. The standard InChI is InChI=1S/C21H25FN6O/c1-14-8-15(2)10-18(9-14)24-21-23-11-19(22)20(25-21)28-13-17(16(3)26-28)12-27-4-6-29-7-5-27/h8-11,13H,4-7,12H2,1-3H3,(H,23,24,25). The zero-order chi connectivity index (χ0) is 20.4. The average Bonchev–Trinajstić information content (AvgIpc) is 3.03. The molecule has 4 rings (SSSR count). The van der Waals surface area contributed by atoms with E-state index in [1.165, 1.54) is 10.9 Å². The number of halogens is 1. The summed E-state index contributed by atoms with van der Waals surface area (Å²) in [5, 5.41) is 7.64. The van der Waals surface area contributed by atoms with Crippen molar-refractivity contribution in [3.8, 4) is 5.82 Å². The van der Waals surface area contributed by atoms with E-state index in [1.54, 1.807) is 0 Å². The molecule has 2 aromatic heterocycles. The molecular formula is C21H25FN6O. The van der Waals surface area contributed by atoms with Crippen molar-refractivity contribution in [2.45, 2.75) is 27.3 Å². The zero-order valence-electron chi connectivity index (χ0n) is 16.9. The van der Waals surface area contributed by atoms with Gasteiger partial charge in [-0.25, -0.2) is 14.1 Å². The first-order valence-electron chi connectivity index (χ1n) is 9.71. The summed E-state index contributed by atoms with van der Waals surface area (Å²) in [6.07, 6.45) is 3.02. The van der Waals surface area contributed by atoms with E-state index >= 15 is 0 Å². The maximum Gasteiger partial charge on any atom is 0.229 e. The summed E-state index contributed by atoms with van der Waals surface area (Å²) in [4.78, 5) is 10.8. The van der Waals surface area contributed by atoms with E-state index in [1.807, 2.05) is 39.1 Å². The number of morpholine rings is 1. The minimum absolute atomic E-state index is 0.128. The van der Waals surface area contributed by atoms with E-state index < -0.39 is 5.82 Å². The lowest BCUT2D eigenvalue weighted by molar-refractivity contribution is 0.0341. The fraction of sp³-hybridized carbons (Fsp3) is 0.381. The molecule has 3 aromatic rings. The number of ether oxygens (including phenoxy) is 1. The number of rotatable bonds is 5. The predicted molar refractivity (Wildman–Crippen MR) is 109 cm³/mol. The van der Waals surface area contributed by atoms with Gasteiger partial charge in [0.15, 0.2) is 11.6 Å². The Morgan fingerprint density at radius 2 is 1.83 bits per heavy atom. The van der Waals surface area contributed by atoms with Crippen LogP contribution in [-0.4, -0.2) is 51.0 Å². The molecule has 0 bridgehead atoms. The highest BCUT2D eigenvalue weighted by Crippen LogP contribution is 2.20. The second-order valence-corrected chi connectivity index (χ2v) is 7.44. The van der Waals surface area contributed by atoms with E-state index in [-0.39, 0.29) is 5.82 Å². The molecule has 1 fully saturated rings. The molecule has 0 unspecified atom stereocenters. The number of aryl methyl sites for hydroxylation is 3. The topological polar surface area (TPSA) is 68.1 Å². The first-order chi connectivity index (χ1) is 14.0. The van der Waals surface area contributed by atoms with Crippen molar-refractivity contribution in [1.82, 2.24) is 24.6 Å². The van der Waals surface area contributed by atoms with Crippen molar-refractivity contribution in [2.75, 3.05) is 31.6 Å². The summed E-state index contributed by atoms with van der Waals surface area (Å²) in [5.74, 6) is -0.0612. The predicted octanol–water partition coefficient (Wildman–Crippen LogP) is 3.30. The Bertz CT molecular complexity index is 992. The molecule has 0 saturated carbocycles. The van der Waals surface area contributed by atoms with Gasteiger partial charge in [-0.15, -0.1) is 0 Å². The van der Waals surface area contributed by atoms with Crippen LogP contribution in [0.5, 0.6) is 0 Å². The lowest BCUT2D eigenvalue weighted by Crippen LogP contribution is -2.35. The SMILES string of the molecule is Cc1cc(C)cc(Nc2ncc(F)c(-n3cc(CN4CCOCC4)c(C)n3)n2)c1. The molecule has 0 amide bonds. The number of hydrogen-bond donors (Lipinski definition) is 1. The molecule has 8 heteroatoms. The first kappa shape index (κ1) is 19.5. The van der Waals surface area contributed by atoms with Gasteiger partial charge < -0.3 is 10.1 Å². The Labute approximate surface area is 169 Å². The second kappa shape index (κ2) is 8.26. The van der Waals surface area contributed by atoms with Crippen LogP contribution in [0.1, 0.15) is 22.4 Å². The van der Waals surface area contributed by atoms with E-state index in [0.29, 0.717) is 5.95 Å². The van der Waals surface area contributed by atoms with E-state index in [2.05, 4.69) is 31.3 Å². The molecule has 0 spiro atoms. The van der Waals surface area contributed by atoms with Crippen LogP contribution in [0.25, 0.3) is 5.82 Å². The molecule has 29 heavy (non-hydrogen) atoms. The number of anilines is 2. The van der Waals surface area contributed by atoms with Crippen molar-refractivity contribution < 1.29 is 9.13 Å². The first-order valence-corrected chi connectivity index (χ1v) is 9.71. The van der Waals surface area contributed by atoms with Gasteiger partial charge in [0.05, 0.1) is 25.1 Å². The van der Waals surface area contributed by atoms with Gasteiger partial charge in [-0.05, 0) is 44.0 Å². The third-order valence-electron chi connectivity index (χ3n) is 4.92. The smallest absolute Gasteiger partial charge is 0.229 e. The van der Waals surface area contributed by atoms with E-state index in [9.17, 15) is 4.39 Å². The molecule has 0 atom stereocenters. The fourth-order valence-electron chi connectivity index (χ4n) is 3.51. The van der Waals surface area contributed by atoms with Crippen LogP contribution in [0.4, 0.5) is 16.0 Å². The Morgan fingerprint density at radius 1 is 1.10 bits per heavy atom. The quantitative estimate of drug-likeness (QED) is 0.714. The van der Waals surface area contributed by atoms with Crippen LogP contribution in [0, 0.1) is 26.6 Å². The highest BCUT2D eigenvalue weighted by molar-refractivity contribution is 5.56. The summed E-state index contributed by atoms with van der Waals surface area (Å²) in [5.41, 5.74) is 5.03. The molecule has 1 aliphatic rings. The molecule has 1 N–H and O–H groups in total. The van der Waals surface area contributed by atoms with Gasteiger partial charge in [0.1, 0.15) is 0 Å². The highest BCUT2D eigenvalue weighted by Gasteiger charge is 2.17. The number of nitrogens with zero attached hydrogens (tertiary/aromatic N) is 5. The molecule has 0 radical (unpaired) electrons. The molecule has 1 aliphatic heterocycles. The number of nitrogens with one attached hydrogen (secondary N) is 1. The molecule has 152 valence electrons. The molecule has 1 saturated heterocycles. The van der Waals surface area contributed by atoms with Crippen molar-refractivity contribution >= 4 is 11.6 Å². The van der Waals surface area contributed by atoms with Gasteiger partial charge in [0.25, 0.3) is 0 Å². The van der Waals surface area contributed by atoms with Crippen LogP contribution in [0.15, 0.2) is 30.6 Å². The van der Waals surface area contributed by atoms with Crippen LogP contribution in [0.3, 0.4) is 0 Å². The maximum atomic E-state index is 14.5. The minimum Gasteiger partial charge on any atom is -0.379 e. The van der Waals surface area contributed by atoms with Crippen LogP contribution < -0.4 is 5.32 Å². The van der Waals surface area contributed by atoms with Crippen LogP contribution in [-0.2, 0) is 11.3 Å². The van der Waals surface area contributed by atoms with Gasteiger partial charge >= 0.3 is 0 Å². The van der Waals surface area contributed by atoms with Crippen molar-refractivity contribution in [1.29, 1.82) is 0 Å². The van der Waals surface area contributed by atoms with Gasteiger partial charge in [0.2, 0.25) is 5.95 Å². The highest BCUT2D eigenvalue weighted by atomic mass is 19.1. The summed E-state index contributed by atoms with van der Waals surface area (Å²) in [7, 11) is 0. The number of hydrogen-bond acceptors (Lipinski definition) is 6. The van der Waals surface area contributed by atoms with Crippen molar-refractivity contribution in [3.05, 3.63) is 58.8 Å². The second-order valence-electron chi connectivity index (χ2n) is 7.44. The van der Waals surface area contributed by atoms with E-state index in [4.69, 9.17) is 4.74 Å². The zero-order valence-corrected chi connectivity index (χ0v) is 16.9. The molecular weight excluding hydrogens is 371 g/mol. The Morgan fingerprint density at radius 3 is 2.55 bits per heavy atom. The monoisotopic (exact) mass is 396 g/mol. The van der Waals surface area contributed by atoms with E-state index in [0.717, 1.165) is 60.9 Å². The Hall–Kier alpha value is -2.84.